The number of methoxy groups -OCH3 is 1. The van der Waals surface area contributed by atoms with Gasteiger partial charge in [0, 0.05) is 6.20 Å². The van der Waals surface area contributed by atoms with Crippen LogP contribution in [-0.4, -0.2) is 12.1 Å². The van der Waals surface area contributed by atoms with Gasteiger partial charge in [-0.3, -0.25) is 16.3 Å². The molecule has 1 fully saturated rings. The van der Waals surface area contributed by atoms with Crippen molar-refractivity contribution in [3.8, 4) is 5.75 Å². The number of pyridine rings is 1. The van der Waals surface area contributed by atoms with Gasteiger partial charge >= 0.3 is 0 Å². The van der Waals surface area contributed by atoms with Crippen LogP contribution in [0.2, 0.25) is 0 Å². The van der Waals surface area contributed by atoms with Crippen LogP contribution in [0.4, 0.5) is 0 Å². The summed E-state index contributed by atoms with van der Waals surface area (Å²) in [6.07, 6.45) is 6.79. The molecule has 4 nitrogen and oxygen atoms in total. The van der Waals surface area contributed by atoms with Crippen LogP contribution in [0.25, 0.3) is 0 Å². The normalized spacial score (nSPS) is 24.6. The molecule has 1 aliphatic rings. The monoisotopic (exact) mass is 277 g/mol. The molecule has 0 aromatic carbocycles. The Balaban J connectivity index is 2.09. The summed E-state index contributed by atoms with van der Waals surface area (Å²) in [6.45, 7) is 4.65. The summed E-state index contributed by atoms with van der Waals surface area (Å²) < 4.78 is 5.42. The van der Waals surface area contributed by atoms with Crippen molar-refractivity contribution in [2.45, 2.75) is 45.6 Å². The Morgan fingerprint density at radius 1 is 1.25 bits per heavy atom. The number of nitrogens with two attached hydrogens (primary N) is 1. The van der Waals surface area contributed by atoms with E-state index in [2.05, 4.69) is 24.3 Å². The molecule has 1 aliphatic carbocycles. The molecule has 112 valence electrons. The largest absolute Gasteiger partial charge is 0.495 e. The molecule has 4 heteroatoms. The van der Waals surface area contributed by atoms with E-state index in [1.54, 1.807) is 7.11 Å². The molecule has 0 amide bonds. The number of nitrogens with zero attached hydrogens (tertiary/aromatic N) is 1. The van der Waals surface area contributed by atoms with Gasteiger partial charge in [0.2, 0.25) is 0 Å². The average molecular weight is 277 g/mol. The topological polar surface area (TPSA) is 60.2 Å². The number of nitrogens with one attached hydrogen (secondary N) is 1. The van der Waals surface area contributed by atoms with E-state index in [1.165, 1.54) is 25.7 Å². The first-order valence-electron chi connectivity index (χ1n) is 7.62. The highest BCUT2D eigenvalue weighted by atomic mass is 16.5. The Bertz CT molecular complexity index is 414. The molecule has 0 bridgehead atoms. The summed E-state index contributed by atoms with van der Waals surface area (Å²) in [7, 11) is 1.68. The minimum atomic E-state index is 0.0827. The van der Waals surface area contributed by atoms with E-state index >= 15 is 0 Å². The van der Waals surface area contributed by atoms with Crippen LogP contribution in [-0.2, 0) is 0 Å². The Hall–Kier alpha value is -1.13. The second-order valence-corrected chi connectivity index (χ2v) is 6.15. The van der Waals surface area contributed by atoms with Gasteiger partial charge in [0.1, 0.15) is 11.4 Å². The number of hydrogen-bond donors (Lipinski definition) is 2. The van der Waals surface area contributed by atoms with Gasteiger partial charge in [-0.25, -0.2) is 0 Å². The fraction of sp³-hybridized carbons (Fsp3) is 0.688. The Kier molecular flexibility index (Phi) is 5.38. The van der Waals surface area contributed by atoms with Gasteiger partial charge in [-0.05, 0) is 55.6 Å². The Morgan fingerprint density at radius 2 is 1.90 bits per heavy atom. The first-order valence-corrected chi connectivity index (χ1v) is 7.62. The molecule has 0 aliphatic heterocycles. The van der Waals surface area contributed by atoms with Crippen LogP contribution in [0.5, 0.6) is 5.75 Å². The minimum absolute atomic E-state index is 0.0827. The Morgan fingerprint density at radius 3 is 2.45 bits per heavy atom. The maximum Gasteiger partial charge on any atom is 0.142 e. The molecule has 1 unspecified atom stereocenters. The van der Waals surface area contributed by atoms with Crippen molar-refractivity contribution in [3.63, 3.8) is 0 Å². The number of hydrogen-bond acceptors (Lipinski definition) is 4. The van der Waals surface area contributed by atoms with Gasteiger partial charge in [-0.1, -0.05) is 13.8 Å². The molecule has 1 aromatic rings. The summed E-state index contributed by atoms with van der Waals surface area (Å²) in [4.78, 5) is 4.48. The van der Waals surface area contributed by atoms with Gasteiger partial charge in [-0.2, -0.15) is 0 Å². The van der Waals surface area contributed by atoms with Crippen molar-refractivity contribution in [2.75, 3.05) is 7.11 Å². The van der Waals surface area contributed by atoms with Crippen LogP contribution in [0.3, 0.4) is 0 Å². The van der Waals surface area contributed by atoms with Crippen molar-refractivity contribution in [3.05, 3.63) is 24.0 Å². The van der Waals surface area contributed by atoms with Crippen molar-refractivity contribution < 1.29 is 4.74 Å². The molecular weight excluding hydrogens is 250 g/mol. The lowest BCUT2D eigenvalue weighted by molar-refractivity contribution is 0.186. The van der Waals surface area contributed by atoms with Crippen LogP contribution in [0.1, 0.15) is 51.3 Å². The summed E-state index contributed by atoms with van der Waals surface area (Å²) in [5.41, 5.74) is 3.90. The van der Waals surface area contributed by atoms with Crippen molar-refractivity contribution >= 4 is 0 Å². The first-order chi connectivity index (χ1) is 9.67. The lowest BCUT2D eigenvalue weighted by Gasteiger charge is -2.35. The third-order valence-corrected chi connectivity index (χ3v) is 4.72. The summed E-state index contributed by atoms with van der Waals surface area (Å²) in [5, 5.41) is 0. The highest BCUT2D eigenvalue weighted by Crippen LogP contribution is 2.40. The predicted molar refractivity (Wildman–Crippen MR) is 81.1 cm³/mol. The van der Waals surface area contributed by atoms with E-state index in [0.717, 1.165) is 23.3 Å². The van der Waals surface area contributed by atoms with Crippen LogP contribution in [0.15, 0.2) is 18.3 Å². The molecule has 3 N–H and O–H groups in total. The fourth-order valence-corrected chi connectivity index (χ4v) is 3.39. The van der Waals surface area contributed by atoms with Crippen LogP contribution in [0, 0.1) is 17.8 Å². The van der Waals surface area contributed by atoms with E-state index < -0.39 is 0 Å². The van der Waals surface area contributed by atoms with Crippen molar-refractivity contribution in [1.82, 2.24) is 10.4 Å². The summed E-state index contributed by atoms with van der Waals surface area (Å²) in [6, 6.07) is 3.93. The smallest absolute Gasteiger partial charge is 0.142 e. The molecule has 0 spiro atoms. The van der Waals surface area contributed by atoms with Crippen molar-refractivity contribution in [2.24, 2.45) is 23.6 Å². The van der Waals surface area contributed by atoms with E-state index in [0.29, 0.717) is 5.92 Å². The zero-order valence-electron chi connectivity index (χ0n) is 12.8. The zero-order chi connectivity index (χ0) is 14.5. The lowest BCUT2D eigenvalue weighted by Crippen LogP contribution is -2.36. The average Bonchev–Trinajstić information content (AvgIpc) is 2.49. The molecule has 1 heterocycles. The summed E-state index contributed by atoms with van der Waals surface area (Å²) in [5.74, 6) is 8.81. The standard InChI is InChI=1S/C16H27N3O/c1-11(2)12-6-8-13(9-7-12)15(19-17)16-14(20-3)5-4-10-18-16/h4-5,10-13,15,19H,6-9,17H2,1-3H3. The number of rotatable bonds is 5. The zero-order valence-corrected chi connectivity index (χ0v) is 12.8. The molecule has 20 heavy (non-hydrogen) atoms. The van der Waals surface area contributed by atoms with Gasteiger partial charge in [-0.15, -0.1) is 0 Å². The number of aromatic nitrogens is 1. The highest BCUT2D eigenvalue weighted by molar-refractivity contribution is 5.30. The molecule has 1 saturated carbocycles. The Labute approximate surface area is 122 Å². The highest BCUT2D eigenvalue weighted by Gasteiger charge is 2.31. The molecule has 1 aromatic heterocycles. The third kappa shape index (κ3) is 3.30. The van der Waals surface area contributed by atoms with Gasteiger partial charge < -0.3 is 4.74 Å². The molecule has 1 atom stereocenters. The van der Waals surface area contributed by atoms with Gasteiger partial charge in [0.15, 0.2) is 0 Å². The maximum atomic E-state index is 5.81. The maximum absolute atomic E-state index is 5.81. The minimum Gasteiger partial charge on any atom is -0.495 e. The number of hydrazine groups is 1. The lowest BCUT2D eigenvalue weighted by atomic mass is 9.74. The van der Waals surface area contributed by atoms with E-state index in [9.17, 15) is 0 Å². The molecular formula is C16H27N3O. The van der Waals surface area contributed by atoms with Gasteiger partial charge in [0.25, 0.3) is 0 Å². The number of ether oxygens (including phenoxy) is 1. The predicted octanol–water partition coefficient (Wildman–Crippen LogP) is 3.06. The van der Waals surface area contributed by atoms with E-state index in [-0.39, 0.29) is 6.04 Å². The van der Waals surface area contributed by atoms with Crippen LogP contribution >= 0.6 is 0 Å². The molecule has 0 saturated heterocycles. The van der Waals surface area contributed by atoms with Crippen LogP contribution < -0.4 is 16.0 Å². The molecule has 2 rings (SSSR count). The van der Waals surface area contributed by atoms with Crippen molar-refractivity contribution in [1.29, 1.82) is 0 Å². The first kappa shape index (κ1) is 15.3. The third-order valence-electron chi connectivity index (χ3n) is 4.72. The second kappa shape index (κ2) is 7.04. The second-order valence-electron chi connectivity index (χ2n) is 6.15. The van der Waals surface area contributed by atoms with E-state index in [1.807, 2.05) is 18.3 Å². The quantitative estimate of drug-likeness (QED) is 0.641. The van der Waals surface area contributed by atoms with E-state index in [4.69, 9.17) is 10.6 Å². The molecule has 0 radical (unpaired) electrons. The SMILES string of the molecule is COc1cccnc1C(NN)C1CCC(C(C)C)CC1. The fourth-order valence-electron chi connectivity index (χ4n) is 3.39. The van der Waals surface area contributed by atoms with Gasteiger partial charge in [0.05, 0.1) is 13.2 Å². The summed E-state index contributed by atoms with van der Waals surface area (Å²) >= 11 is 0.